The van der Waals surface area contributed by atoms with Crippen molar-refractivity contribution in [2.75, 3.05) is 0 Å². The van der Waals surface area contributed by atoms with Gasteiger partial charge in [-0.25, -0.2) is 9.59 Å². The summed E-state index contributed by atoms with van der Waals surface area (Å²) in [6.07, 6.45) is 3.06. The lowest BCUT2D eigenvalue weighted by atomic mass is 10.0. The smallest absolute Gasteiger partial charge is 0.326 e. The summed E-state index contributed by atoms with van der Waals surface area (Å²) in [7, 11) is 0. The molecule has 6 nitrogen and oxygen atoms in total. The van der Waals surface area contributed by atoms with E-state index in [4.69, 9.17) is 5.11 Å². The number of urea groups is 1. The molecule has 0 aliphatic carbocycles. The Morgan fingerprint density at radius 3 is 2.33 bits per heavy atom. The van der Waals surface area contributed by atoms with Gasteiger partial charge in [-0.05, 0) is 32.1 Å². The summed E-state index contributed by atoms with van der Waals surface area (Å²) in [5, 5.41) is 21.1. The van der Waals surface area contributed by atoms with Crippen LogP contribution in [-0.4, -0.2) is 51.3 Å². The number of aliphatic hydroxyl groups is 1. The first-order chi connectivity index (χ1) is 8.52. The van der Waals surface area contributed by atoms with Crippen molar-refractivity contribution < 1.29 is 19.8 Å². The number of carbonyl (C=O) groups excluding carboxylic acids is 1. The van der Waals surface area contributed by atoms with Crippen molar-refractivity contribution in [2.45, 2.75) is 63.3 Å². The molecule has 2 bridgehead atoms. The van der Waals surface area contributed by atoms with Crippen molar-refractivity contribution in [2.24, 2.45) is 0 Å². The number of fused-ring (bicyclic) bond motifs is 2. The number of aliphatic carboxylic acids is 1. The Balaban J connectivity index is 2.00. The van der Waals surface area contributed by atoms with Gasteiger partial charge in [0.1, 0.15) is 6.04 Å². The van der Waals surface area contributed by atoms with Gasteiger partial charge in [0.15, 0.2) is 0 Å². The Bertz CT molecular complexity index is 333. The molecule has 0 spiro atoms. The molecule has 2 rings (SSSR count). The quantitative estimate of drug-likeness (QED) is 0.687. The lowest BCUT2D eigenvalue weighted by molar-refractivity contribution is -0.139. The molecule has 3 atom stereocenters. The van der Waals surface area contributed by atoms with E-state index in [0.29, 0.717) is 19.3 Å². The van der Waals surface area contributed by atoms with Gasteiger partial charge in [0, 0.05) is 12.1 Å². The Morgan fingerprint density at radius 2 is 1.89 bits per heavy atom. The maximum atomic E-state index is 12.1. The summed E-state index contributed by atoms with van der Waals surface area (Å²) < 4.78 is 0. The zero-order valence-electron chi connectivity index (χ0n) is 10.5. The third-order valence-electron chi connectivity index (χ3n) is 3.95. The summed E-state index contributed by atoms with van der Waals surface area (Å²) >= 11 is 0. The summed E-state index contributed by atoms with van der Waals surface area (Å²) in [5.41, 5.74) is 0. The minimum atomic E-state index is -1.00. The van der Waals surface area contributed by atoms with Crippen LogP contribution in [-0.2, 0) is 4.79 Å². The lowest BCUT2D eigenvalue weighted by Crippen LogP contribution is -2.55. The highest BCUT2D eigenvalue weighted by Gasteiger charge is 2.43. The molecule has 2 aliphatic heterocycles. The maximum Gasteiger partial charge on any atom is 0.326 e. The number of carbonyl (C=O) groups is 2. The number of amides is 2. The zero-order chi connectivity index (χ0) is 13.3. The average molecular weight is 256 g/mol. The van der Waals surface area contributed by atoms with Crippen LogP contribution >= 0.6 is 0 Å². The molecule has 0 radical (unpaired) electrons. The molecular weight excluding hydrogens is 236 g/mol. The lowest BCUT2D eigenvalue weighted by Gasteiger charge is -2.37. The first-order valence-corrected chi connectivity index (χ1v) is 6.52. The van der Waals surface area contributed by atoms with Crippen molar-refractivity contribution in [1.29, 1.82) is 0 Å². The number of hydrogen-bond donors (Lipinski definition) is 3. The summed E-state index contributed by atoms with van der Waals surface area (Å²) in [6.45, 7) is 1.73. The van der Waals surface area contributed by atoms with Crippen molar-refractivity contribution in [3.63, 3.8) is 0 Å². The topological polar surface area (TPSA) is 89.9 Å². The van der Waals surface area contributed by atoms with E-state index in [2.05, 4.69) is 5.32 Å². The molecule has 0 saturated carbocycles. The number of rotatable bonds is 3. The molecule has 2 fully saturated rings. The summed E-state index contributed by atoms with van der Waals surface area (Å²) in [6, 6.07) is -1.01. The predicted octanol–water partition coefficient (Wildman–Crippen LogP) is 0.547. The van der Waals surface area contributed by atoms with Crippen LogP contribution in [0.4, 0.5) is 4.79 Å². The van der Waals surface area contributed by atoms with Gasteiger partial charge in [-0.15, -0.1) is 0 Å². The van der Waals surface area contributed by atoms with Gasteiger partial charge in [0.25, 0.3) is 0 Å². The molecule has 3 N–H and O–H groups in total. The van der Waals surface area contributed by atoms with E-state index in [1.807, 2.05) is 0 Å². The molecular formula is C12H20N2O4. The van der Waals surface area contributed by atoms with Crippen molar-refractivity contribution in [3.8, 4) is 0 Å². The SMILES string of the molecule is CC[C@H](NC(=O)N1C2CCC1CC(O)C2)C(=O)O. The van der Waals surface area contributed by atoms with E-state index >= 15 is 0 Å². The zero-order valence-corrected chi connectivity index (χ0v) is 10.5. The Morgan fingerprint density at radius 1 is 1.33 bits per heavy atom. The molecule has 0 aromatic carbocycles. The fourth-order valence-electron chi connectivity index (χ4n) is 3.04. The standard InChI is InChI=1S/C12H20N2O4/c1-2-10(11(16)17)13-12(18)14-7-3-4-8(14)6-9(15)5-7/h7-10,15H,2-6H2,1H3,(H,13,18)(H,16,17)/t7?,8?,9?,10-/m0/s1. The van der Waals surface area contributed by atoms with Crippen molar-refractivity contribution >= 4 is 12.0 Å². The molecule has 18 heavy (non-hydrogen) atoms. The molecule has 2 aliphatic rings. The van der Waals surface area contributed by atoms with Gasteiger partial charge in [0.2, 0.25) is 0 Å². The second kappa shape index (κ2) is 5.14. The number of carboxylic acids is 1. The molecule has 6 heteroatoms. The van der Waals surface area contributed by atoms with E-state index in [9.17, 15) is 14.7 Å². The van der Waals surface area contributed by atoms with Crippen LogP contribution in [0.1, 0.15) is 39.0 Å². The van der Waals surface area contributed by atoms with Crippen molar-refractivity contribution in [1.82, 2.24) is 10.2 Å². The summed E-state index contributed by atoms with van der Waals surface area (Å²) in [5.74, 6) is -1.00. The largest absolute Gasteiger partial charge is 0.480 e. The van der Waals surface area contributed by atoms with Crippen LogP contribution < -0.4 is 5.32 Å². The van der Waals surface area contributed by atoms with Crippen molar-refractivity contribution in [3.05, 3.63) is 0 Å². The van der Waals surface area contributed by atoms with Gasteiger partial charge in [0.05, 0.1) is 6.10 Å². The first kappa shape index (κ1) is 13.1. The van der Waals surface area contributed by atoms with Crippen LogP contribution in [0, 0.1) is 0 Å². The highest BCUT2D eigenvalue weighted by atomic mass is 16.4. The number of carboxylic acid groups (broad SMARTS) is 1. The maximum absolute atomic E-state index is 12.1. The molecule has 2 heterocycles. The monoisotopic (exact) mass is 256 g/mol. The van der Waals surface area contributed by atoms with Gasteiger partial charge in [-0.2, -0.15) is 0 Å². The van der Waals surface area contributed by atoms with Crippen LogP contribution in [0.15, 0.2) is 0 Å². The fraction of sp³-hybridized carbons (Fsp3) is 0.833. The first-order valence-electron chi connectivity index (χ1n) is 6.52. The Kier molecular flexibility index (Phi) is 3.75. The third-order valence-corrected chi connectivity index (χ3v) is 3.95. The Labute approximate surface area is 106 Å². The van der Waals surface area contributed by atoms with Crippen LogP contribution in [0.5, 0.6) is 0 Å². The molecule has 2 unspecified atom stereocenters. The number of aliphatic hydroxyl groups excluding tert-OH is 1. The van der Waals surface area contributed by atoms with E-state index in [1.54, 1.807) is 11.8 Å². The van der Waals surface area contributed by atoms with Crippen LogP contribution in [0.25, 0.3) is 0 Å². The molecule has 2 amide bonds. The van der Waals surface area contributed by atoms with E-state index in [1.165, 1.54) is 0 Å². The normalized spacial score (nSPS) is 32.1. The highest BCUT2D eigenvalue weighted by Crippen LogP contribution is 2.35. The number of piperidine rings is 1. The summed E-state index contributed by atoms with van der Waals surface area (Å²) in [4.78, 5) is 24.7. The van der Waals surface area contributed by atoms with Gasteiger partial charge >= 0.3 is 12.0 Å². The predicted molar refractivity (Wildman–Crippen MR) is 64.1 cm³/mol. The average Bonchev–Trinajstić information content (AvgIpc) is 2.58. The second-order valence-corrected chi connectivity index (χ2v) is 5.17. The molecule has 2 saturated heterocycles. The van der Waals surface area contributed by atoms with E-state index < -0.39 is 12.0 Å². The van der Waals surface area contributed by atoms with Crippen LogP contribution in [0.2, 0.25) is 0 Å². The van der Waals surface area contributed by atoms with Gasteiger partial charge < -0.3 is 20.4 Å². The number of hydrogen-bond acceptors (Lipinski definition) is 3. The highest BCUT2D eigenvalue weighted by molar-refractivity contribution is 5.83. The molecule has 0 aromatic heterocycles. The molecule has 102 valence electrons. The van der Waals surface area contributed by atoms with E-state index in [0.717, 1.165) is 12.8 Å². The third kappa shape index (κ3) is 2.43. The van der Waals surface area contributed by atoms with E-state index in [-0.39, 0.29) is 24.2 Å². The minimum absolute atomic E-state index is 0.0602. The van der Waals surface area contributed by atoms with Gasteiger partial charge in [-0.3, -0.25) is 0 Å². The minimum Gasteiger partial charge on any atom is -0.480 e. The van der Waals surface area contributed by atoms with Crippen LogP contribution in [0.3, 0.4) is 0 Å². The van der Waals surface area contributed by atoms with Gasteiger partial charge in [-0.1, -0.05) is 6.92 Å². The number of nitrogens with zero attached hydrogens (tertiary/aromatic N) is 1. The second-order valence-electron chi connectivity index (χ2n) is 5.17. The number of nitrogens with one attached hydrogen (secondary N) is 1. The fourth-order valence-corrected chi connectivity index (χ4v) is 3.04. The Hall–Kier alpha value is -1.30. The molecule has 0 aromatic rings.